The van der Waals surface area contributed by atoms with Crippen LogP contribution in [0.5, 0.6) is 0 Å². The minimum Gasteiger partial charge on any atom is -0.355 e. The molecule has 1 aliphatic carbocycles. The zero-order valence-electron chi connectivity index (χ0n) is 16.9. The lowest BCUT2D eigenvalue weighted by Gasteiger charge is -2.19. The van der Waals surface area contributed by atoms with E-state index in [-0.39, 0.29) is 42.0 Å². The Balaban J connectivity index is 1.35. The van der Waals surface area contributed by atoms with Crippen LogP contribution in [-0.2, 0) is 14.4 Å². The summed E-state index contributed by atoms with van der Waals surface area (Å²) in [7, 11) is 0. The van der Waals surface area contributed by atoms with Crippen LogP contribution in [0.25, 0.3) is 0 Å². The Morgan fingerprint density at radius 3 is 1.87 bits per heavy atom. The maximum absolute atomic E-state index is 12.5. The van der Waals surface area contributed by atoms with E-state index in [4.69, 9.17) is 0 Å². The van der Waals surface area contributed by atoms with E-state index in [9.17, 15) is 14.4 Å². The van der Waals surface area contributed by atoms with Gasteiger partial charge in [-0.15, -0.1) is 0 Å². The summed E-state index contributed by atoms with van der Waals surface area (Å²) in [5.74, 6) is -1.14. The highest BCUT2D eigenvalue weighted by atomic mass is 16.2. The van der Waals surface area contributed by atoms with Crippen molar-refractivity contribution < 1.29 is 14.4 Å². The Bertz CT molecular complexity index is 874. The average molecular weight is 402 g/mol. The first-order valence-corrected chi connectivity index (χ1v) is 10.5. The van der Waals surface area contributed by atoms with Crippen LogP contribution in [0, 0.1) is 11.8 Å². The van der Waals surface area contributed by atoms with Crippen LogP contribution in [0.1, 0.15) is 36.3 Å². The molecule has 0 saturated carbocycles. The fraction of sp³-hybridized carbons (Fsp3) is 0.320. The Kier molecular flexibility index (Phi) is 6.07. The molecule has 0 spiro atoms. The SMILES string of the molecule is O=C(CN1C(=O)[C@@H]2CC=CC[C@H]2C1=O)NCCC(c1ccccc1)c1ccccc1. The van der Waals surface area contributed by atoms with E-state index >= 15 is 0 Å². The minimum absolute atomic E-state index is 0.164. The van der Waals surface area contributed by atoms with E-state index in [2.05, 4.69) is 29.6 Å². The van der Waals surface area contributed by atoms with Crippen LogP contribution in [-0.4, -0.2) is 35.7 Å². The first kappa shape index (κ1) is 20.1. The fourth-order valence-corrected chi connectivity index (χ4v) is 4.48. The summed E-state index contributed by atoms with van der Waals surface area (Å²) in [6, 6.07) is 20.4. The van der Waals surface area contributed by atoms with Crippen LogP contribution in [0.3, 0.4) is 0 Å². The summed E-state index contributed by atoms with van der Waals surface area (Å²) >= 11 is 0. The van der Waals surface area contributed by atoms with Crippen molar-refractivity contribution in [3.8, 4) is 0 Å². The lowest BCUT2D eigenvalue weighted by atomic mass is 9.85. The lowest BCUT2D eigenvalue weighted by Crippen LogP contribution is -2.41. The maximum Gasteiger partial charge on any atom is 0.240 e. The lowest BCUT2D eigenvalue weighted by molar-refractivity contribution is -0.143. The van der Waals surface area contributed by atoms with Crippen molar-refractivity contribution in [1.29, 1.82) is 0 Å². The van der Waals surface area contributed by atoms with E-state index in [0.717, 1.165) is 11.3 Å². The molecule has 0 aromatic heterocycles. The molecular weight excluding hydrogens is 376 g/mol. The van der Waals surface area contributed by atoms with Crippen molar-refractivity contribution in [2.24, 2.45) is 11.8 Å². The molecule has 2 atom stereocenters. The van der Waals surface area contributed by atoms with E-state index in [1.165, 1.54) is 11.1 Å². The monoisotopic (exact) mass is 402 g/mol. The standard InChI is InChI=1S/C25H26N2O3/c28-23(17-27-24(29)21-13-7-8-14-22(21)25(27)30)26-16-15-20(18-9-3-1-4-10-18)19-11-5-2-6-12-19/h1-12,20-22H,13-17H2,(H,26,28)/t21-,22-/m1/s1. The summed E-state index contributed by atoms with van der Waals surface area (Å²) in [6.07, 6.45) is 5.80. The smallest absolute Gasteiger partial charge is 0.240 e. The van der Waals surface area contributed by atoms with Crippen LogP contribution >= 0.6 is 0 Å². The van der Waals surface area contributed by atoms with E-state index < -0.39 is 0 Å². The van der Waals surface area contributed by atoms with Crippen molar-refractivity contribution >= 4 is 17.7 Å². The molecule has 1 N–H and O–H groups in total. The van der Waals surface area contributed by atoms with Gasteiger partial charge in [-0.3, -0.25) is 19.3 Å². The molecule has 1 heterocycles. The number of benzene rings is 2. The molecule has 0 radical (unpaired) electrons. The summed E-state index contributed by atoms with van der Waals surface area (Å²) in [5, 5.41) is 2.90. The number of allylic oxidation sites excluding steroid dienone is 2. The summed E-state index contributed by atoms with van der Waals surface area (Å²) in [4.78, 5) is 38.7. The zero-order chi connectivity index (χ0) is 20.9. The molecule has 2 aromatic carbocycles. The van der Waals surface area contributed by atoms with E-state index in [1.807, 2.05) is 48.6 Å². The Labute approximate surface area is 176 Å². The molecule has 30 heavy (non-hydrogen) atoms. The zero-order valence-corrected chi connectivity index (χ0v) is 16.9. The van der Waals surface area contributed by atoms with Gasteiger partial charge in [0.2, 0.25) is 17.7 Å². The van der Waals surface area contributed by atoms with Gasteiger partial charge in [0.1, 0.15) is 6.54 Å². The largest absolute Gasteiger partial charge is 0.355 e. The highest BCUT2D eigenvalue weighted by Crippen LogP contribution is 2.34. The molecule has 2 aliphatic rings. The highest BCUT2D eigenvalue weighted by Gasteiger charge is 2.47. The van der Waals surface area contributed by atoms with Gasteiger partial charge in [-0.2, -0.15) is 0 Å². The number of carbonyl (C=O) groups is 3. The van der Waals surface area contributed by atoms with Gasteiger partial charge < -0.3 is 5.32 Å². The van der Waals surface area contributed by atoms with Crippen molar-refractivity contribution in [2.75, 3.05) is 13.1 Å². The third kappa shape index (κ3) is 4.20. The second kappa shape index (κ2) is 9.08. The molecule has 0 unspecified atom stereocenters. The third-order valence-electron chi connectivity index (χ3n) is 6.06. The number of likely N-dealkylation sites (tertiary alicyclic amines) is 1. The fourth-order valence-electron chi connectivity index (χ4n) is 4.48. The van der Waals surface area contributed by atoms with Crippen molar-refractivity contribution in [2.45, 2.75) is 25.2 Å². The van der Waals surface area contributed by atoms with Crippen molar-refractivity contribution in [3.63, 3.8) is 0 Å². The number of hydrogen-bond donors (Lipinski definition) is 1. The average Bonchev–Trinajstić information content (AvgIpc) is 3.03. The maximum atomic E-state index is 12.5. The second-order valence-corrected chi connectivity index (χ2v) is 7.93. The predicted octanol–water partition coefficient (Wildman–Crippen LogP) is 3.28. The molecule has 1 saturated heterocycles. The predicted molar refractivity (Wildman–Crippen MR) is 114 cm³/mol. The number of amides is 3. The van der Waals surface area contributed by atoms with Gasteiger partial charge in [-0.1, -0.05) is 72.8 Å². The van der Waals surface area contributed by atoms with Gasteiger partial charge in [-0.05, 0) is 30.4 Å². The van der Waals surface area contributed by atoms with E-state index in [1.54, 1.807) is 0 Å². The molecule has 1 aliphatic heterocycles. The Morgan fingerprint density at radius 1 is 0.867 bits per heavy atom. The summed E-state index contributed by atoms with van der Waals surface area (Å²) < 4.78 is 0. The molecule has 4 rings (SSSR count). The quantitative estimate of drug-likeness (QED) is 0.571. The number of rotatable bonds is 7. The van der Waals surface area contributed by atoms with Crippen molar-refractivity contribution in [1.82, 2.24) is 10.2 Å². The Morgan fingerprint density at radius 2 is 1.37 bits per heavy atom. The molecule has 1 fully saturated rings. The molecule has 5 nitrogen and oxygen atoms in total. The molecule has 154 valence electrons. The van der Waals surface area contributed by atoms with Crippen LogP contribution < -0.4 is 5.32 Å². The normalized spacial score (nSPS) is 20.5. The topological polar surface area (TPSA) is 66.5 Å². The number of hydrogen-bond acceptors (Lipinski definition) is 3. The van der Waals surface area contributed by atoms with Crippen molar-refractivity contribution in [3.05, 3.63) is 83.9 Å². The number of nitrogens with one attached hydrogen (secondary N) is 1. The highest BCUT2D eigenvalue weighted by molar-refractivity contribution is 6.07. The number of imide groups is 1. The van der Waals surface area contributed by atoms with Gasteiger partial charge in [0.25, 0.3) is 0 Å². The Hall–Kier alpha value is -3.21. The summed E-state index contributed by atoms with van der Waals surface area (Å²) in [5.41, 5.74) is 2.39. The van der Waals surface area contributed by atoms with Crippen LogP contribution in [0.2, 0.25) is 0 Å². The van der Waals surface area contributed by atoms with Crippen LogP contribution in [0.4, 0.5) is 0 Å². The molecule has 2 aromatic rings. The first-order chi connectivity index (χ1) is 14.6. The molecule has 3 amide bonds. The number of fused-ring (bicyclic) bond motifs is 1. The minimum atomic E-state index is -0.296. The summed E-state index contributed by atoms with van der Waals surface area (Å²) in [6.45, 7) is 0.282. The van der Waals surface area contributed by atoms with Gasteiger partial charge in [0.15, 0.2) is 0 Å². The van der Waals surface area contributed by atoms with Gasteiger partial charge in [0.05, 0.1) is 11.8 Å². The molecule has 0 bridgehead atoms. The van der Waals surface area contributed by atoms with Gasteiger partial charge >= 0.3 is 0 Å². The van der Waals surface area contributed by atoms with Crippen LogP contribution in [0.15, 0.2) is 72.8 Å². The first-order valence-electron chi connectivity index (χ1n) is 10.5. The third-order valence-corrected chi connectivity index (χ3v) is 6.06. The number of nitrogens with zero attached hydrogens (tertiary/aromatic N) is 1. The van der Waals surface area contributed by atoms with Gasteiger partial charge in [0, 0.05) is 12.5 Å². The van der Waals surface area contributed by atoms with E-state index in [0.29, 0.717) is 19.4 Å². The molecule has 5 heteroatoms. The van der Waals surface area contributed by atoms with Gasteiger partial charge in [-0.25, -0.2) is 0 Å². The number of carbonyl (C=O) groups excluding carboxylic acids is 3. The molecular formula is C25H26N2O3. The second-order valence-electron chi connectivity index (χ2n) is 7.93.